The molecule has 0 unspecified atom stereocenters. The van der Waals surface area contributed by atoms with Gasteiger partial charge < -0.3 is 9.47 Å². The lowest BCUT2D eigenvalue weighted by Gasteiger charge is -2.12. The van der Waals surface area contributed by atoms with Gasteiger partial charge in [0.1, 0.15) is 12.4 Å². The standard InChI is InChI=1S/C16H12BrCl2FO3/c1-2-22-16(21)10-5-12(17)15(14(19)6-10)23-8-9-3-4-11(20)7-13(9)18/h3-7H,2,8H2,1H3. The normalized spacial score (nSPS) is 10.5. The van der Waals surface area contributed by atoms with Crippen LogP contribution < -0.4 is 4.74 Å². The van der Waals surface area contributed by atoms with Crippen LogP contribution in [-0.2, 0) is 11.3 Å². The number of hydrogen-bond donors (Lipinski definition) is 0. The molecule has 0 aliphatic carbocycles. The lowest BCUT2D eigenvalue weighted by molar-refractivity contribution is 0.0526. The van der Waals surface area contributed by atoms with Crippen molar-refractivity contribution in [1.82, 2.24) is 0 Å². The minimum absolute atomic E-state index is 0.107. The van der Waals surface area contributed by atoms with Gasteiger partial charge in [-0.25, -0.2) is 9.18 Å². The molecule has 0 heterocycles. The first-order valence-electron chi connectivity index (χ1n) is 6.65. The van der Waals surface area contributed by atoms with Gasteiger partial charge >= 0.3 is 5.97 Å². The molecule has 2 aromatic carbocycles. The van der Waals surface area contributed by atoms with Gasteiger partial charge in [-0.1, -0.05) is 29.3 Å². The van der Waals surface area contributed by atoms with Crippen LogP contribution in [0.15, 0.2) is 34.8 Å². The molecule has 0 bridgehead atoms. The highest BCUT2D eigenvalue weighted by Gasteiger charge is 2.15. The van der Waals surface area contributed by atoms with E-state index in [-0.39, 0.29) is 23.3 Å². The third kappa shape index (κ3) is 4.59. The molecule has 2 rings (SSSR count). The zero-order valence-corrected chi connectivity index (χ0v) is 15.1. The molecule has 122 valence electrons. The van der Waals surface area contributed by atoms with E-state index in [4.69, 9.17) is 32.7 Å². The van der Waals surface area contributed by atoms with Gasteiger partial charge in [0.25, 0.3) is 0 Å². The fraction of sp³-hybridized carbons (Fsp3) is 0.188. The Hall–Kier alpha value is -1.30. The monoisotopic (exact) mass is 420 g/mol. The minimum atomic E-state index is -0.469. The Bertz CT molecular complexity index is 714. The lowest BCUT2D eigenvalue weighted by atomic mass is 10.2. The maximum absolute atomic E-state index is 13.0. The van der Waals surface area contributed by atoms with Crippen molar-refractivity contribution in [1.29, 1.82) is 0 Å². The topological polar surface area (TPSA) is 35.5 Å². The number of carbonyl (C=O) groups is 1. The van der Waals surface area contributed by atoms with E-state index >= 15 is 0 Å². The van der Waals surface area contributed by atoms with Gasteiger partial charge in [0.2, 0.25) is 0 Å². The summed E-state index contributed by atoms with van der Waals surface area (Å²) in [6, 6.07) is 7.07. The van der Waals surface area contributed by atoms with E-state index in [1.54, 1.807) is 13.0 Å². The molecule has 0 spiro atoms. The summed E-state index contributed by atoms with van der Waals surface area (Å²) in [5.41, 5.74) is 0.932. The number of halogens is 4. The van der Waals surface area contributed by atoms with E-state index in [0.29, 0.717) is 21.3 Å². The van der Waals surface area contributed by atoms with Gasteiger partial charge in [0, 0.05) is 5.56 Å². The van der Waals surface area contributed by atoms with Crippen LogP contribution in [-0.4, -0.2) is 12.6 Å². The summed E-state index contributed by atoms with van der Waals surface area (Å²) in [6.45, 7) is 2.10. The highest BCUT2D eigenvalue weighted by molar-refractivity contribution is 9.10. The third-order valence-electron chi connectivity index (χ3n) is 2.90. The van der Waals surface area contributed by atoms with Crippen LogP contribution in [0.1, 0.15) is 22.8 Å². The van der Waals surface area contributed by atoms with Crippen LogP contribution in [0.2, 0.25) is 10.0 Å². The Morgan fingerprint density at radius 1 is 1.22 bits per heavy atom. The van der Waals surface area contributed by atoms with E-state index < -0.39 is 11.8 Å². The zero-order chi connectivity index (χ0) is 17.0. The predicted molar refractivity (Wildman–Crippen MR) is 90.9 cm³/mol. The Kier molecular flexibility index (Phi) is 6.27. The first-order chi connectivity index (χ1) is 10.9. The molecule has 0 aliphatic heterocycles. The molecule has 7 heteroatoms. The van der Waals surface area contributed by atoms with E-state index in [1.807, 2.05) is 0 Å². The third-order valence-corrected chi connectivity index (χ3v) is 4.12. The van der Waals surface area contributed by atoms with Crippen molar-refractivity contribution in [2.45, 2.75) is 13.5 Å². The fourth-order valence-electron chi connectivity index (χ4n) is 1.82. The lowest BCUT2D eigenvalue weighted by Crippen LogP contribution is -2.05. The summed E-state index contributed by atoms with van der Waals surface area (Å²) in [7, 11) is 0. The number of hydrogen-bond acceptors (Lipinski definition) is 3. The highest BCUT2D eigenvalue weighted by Crippen LogP contribution is 2.35. The number of benzene rings is 2. The number of rotatable bonds is 5. The van der Waals surface area contributed by atoms with E-state index in [9.17, 15) is 9.18 Å². The first-order valence-corrected chi connectivity index (χ1v) is 8.20. The molecule has 0 aromatic heterocycles. The van der Waals surface area contributed by atoms with Crippen molar-refractivity contribution in [3.05, 3.63) is 61.8 Å². The van der Waals surface area contributed by atoms with E-state index in [1.165, 1.54) is 24.3 Å². The summed E-state index contributed by atoms with van der Waals surface area (Å²) >= 11 is 15.4. The zero-order valence-electron chi connectivity index (χ0n) is 12.0. The van der Waals surface area contributed by atoms with Crippen molar-refractivity contribution in [3.63, 3.8) is 0 Å². The molecular weight excluding hydrogens is 410 g/mol. The smallest absolute Gasteiger partial charge is 0.338 e. The maximum atomic E-state index is 13.0. The SMILES string of the molecule is CCOC(=O)c1cc(Cl)c(OCc2ccc(F)cc2Cl)c(Br)c1. The van der Waals surface area contributed by atoms with Crippen LogP contribution >= 0.6 is 39.1 Å². The fourth-order valence-corrected chi connectivity index (χ4v) is 3.00. The molecule has 3 nitrogen and oxygen atoms in total. The van der Waals surface area contributed by atoms with Crippen LogP contribution in [0.25, 0.3) is 0 Å². The number of carbonyl (C=O) groups excluding carboxylic acids is 1. The Morgan fingerprint density at radius 2 is 1.96 bits per heavy atom. The van der Waals surface area contributed by atoms with Crippen molar-refractivity contribution in [3.8, 4) is 5.75 Å². The van der Waals surface area contributed by atoms with Gasteiger partial charge in [-0.15, -0.1) is 0 Å². The van der Waals surface area contributed by atoms with Crippen molar-refractivity contribution < 1.29 is 18.7 Å². The van der Waals surface area contributed by atoms with Crippen molar-refractivity contribution in [2.24, 2.45) is 0 Å². The molecule has 0 aliphatic rings. The first kappa shape index (κ1) is 18.0. The minimum Gasteiger partial charge on any atom is -0.486 e. The van der Waals surface area contributed by atoms with Crippen LogP contribution in [0.5, 0.6) is 5.75 Å². The second-order valence-electron chi connectivity index (χ2n) is 4.51. The second-order valence-corrected chi connectivity index (χ2v) is 6.18. The van der Waals surface area contributed by atoms with Crippen molar-refractivity contribution >= 4 is 45.1 Å². The molecule has 2 aromatic rings. The Labute approximate surface area is 151 Å². The average molecular weight is 422 g/mol. The highest BCUT2D eigenvalue weighted by atomic mass is 79.9. The summed E-state index contributed by atoms with van der Waals surface area (Å²) in [4.78, 5) is 11.7. The van der Waals surface area contributed by atoms with Gasteiger partial charge in [-0.2, -0.15) is 0 Å². The molecule has 0 amide bonds. The molecule has 0 saturated carbocycles. The largest absolute Gasteiger partial charge is 0.486 e. The van der Waals surface area contributed by atoms with Crippen LogP contribution in [0, 0.1) is 5.82 Å². The van der Waals surface area contributed by atoms with Crippen molar-refractivity contribution in [2.75, 3.05) is 6.61 Å². The second kappa shape index (κ2) is 7.99. The Balaban J connectivity index is 2.18. The summed E-state index contributed by atoms with van der Waals surface area (Å²) in [6.07, 6.45) is 0. The molecular formula is C16H12BrCl2FO3. The molecule has 0 saturated heterocycles. The van der Waals surface area contributed by atoms with Crippen LogP contribution in [0.3, 0.4) is 0 Å². The van der Waals surface area contributed by atoms with E-state index in [0.717, 1.165) is 0 Å². The van der Waals surface area contributed by atoms with Gasteiger partial charge in [0.05, 0.1) is 26.7 Å². The van der Waals surface area contributed by atoms with Gasteiger partial charge in [-0.3, -0.25) is 0 Å². The molecule has 0 atom stereocenters. The molecule has 23 heavy (non-hydrogen) atoms. The Morgan fingerprint density at radius 3 is 2.57 bits per heavy atom. The summed E-state index contributed by atoms with van der Waals surface area (Å²) in [5.74, 6) is -0.528. The van der Waals surface area contributed by atoms with Crippen LogP contribution in [0.4, 0.5) is 4.39 Å². The van der Waals surface area contributed by atoms with E-state index in [2.05, 4.69) is 15.9 Å². The summed E-state index contributed by atoms with van der Waals surface area (Å²) in [5, 5.41) is 0.515. The van der Waals surface area contributed by atoms with Gasteiger partial charge in [0.15, 0.2) is 5.75 Å². The molecule has 0 fully saturated rings. The molecule has 0 N–H and O–H groups in total. The quantitative estimate of drug-likeness (QED) is 0.585. The summed E-state index contributed by atoms with van der Waals surface area (Å²) < 4.78 is 24.1. The number of ether oxygens (including phenoxy) is 2. The maximum Gasteiger partial charge on any atom is 0.338 e. The number of esters is 1. The van der Waals surface area contributed by atoms with Gasteiger partial charge in [-0.05, 0) is 47.1 Å². The molecule has 0 radical (unpaired) electrons. The predicted octanol–water partition coefficient (Wildman–Crippen LogP) is 5.65. The average Bonchev–Trinajstić information content (AvgIpc) is 2.48.